The highest BCUT2D eigenvalue weighted by atomic mass is 35.5. The average molecular weight is 167 g/mol. The summed E-state index contributed by atoms with van der Waals surface area (Å²) in [6, 6.07) is 1.83. The van der Waals surface area contributed by atoms with Crippen LogP contribution in [-0.4, -0.2) is 14.9 Å². The van der Waals surface area contributed by atoms with Gasteiger partial charge in [0, 0.05) is 12.4 Å². The SMILES string of the molecule is O=C(Cl)Cl.c1cn[nH]c1. The van der Waals surface area contributed by atoms with Gasteiger partial charge in [0.05, 0.1) is 0 Å². The van der Waals surface area contributed by atoms with Crippen molar-refractivity contribution >= 4 is 27.9 Å². The second kappa shape index (κ2) is 5.59. The van der Waals surface area contributed by atoms with Gasteiger partial charge in [-0.2, -0.15) is 5.10 Å². The minimum Gasteiger partial charge on any atom is -0.286 e. The van der Waals surface area contributed by atoms with Gasteiger partial charge in [0.2, 0.25) is 0 Å². The number of hydrogen-bond donors (Lipinski definition) is 1. The van der Waals surface area contributed by atoms with Gasteiger partial charge >= 0.3 is 4.70 Å². The van der Waals surface area contributed by atoms with Gasteiger partial charge in [-0.05, 0) is 29.3 Å². The van der Waals surface area contributed by atoms with E-state index in [4.69, 9.17) is 4.79 Å². The fraction of sp³-hybridized carbons (Fsp3) is 0. The third-order valence-electron chi connectivity index (χ3n) is 0.406. The molecule has 0 amide bonds. The van der Waals surface area contributed by atoms with Gasteiger partial charge in [0.1, 0.15) is 0 Å². The topological polar surface area (TPSA) is 45.8 Å². The van der Waals surface area contributed by atoms with Crippen molar-refractivity contribution < 1.29 is 4.79 Å². The van der Waals surface area contributed by atoms with Crippen LogP contribution in [0.5, 0.6) is 0 Å². The van der Waals surface area contributed by atoms with Crippen LogP contribution in [0.2, 0.25) is 0 Å². The highest BCUT2D eigenvalue weighted by Gasteiger charge is 1.72. The number of halogens is 2. The fourth-order valence-electron chi connectivity index (χ4n) is 0.215. The van der Waals surface area contributed by atoms with E-state index in [0.717, 1.165) is 0 Å². The first-order valence-corrected chi connectivity index (χ1v) is 2.78. The Balaban J connectivity index is 0.000000148. The van der Waals surface area contributed by atoms with Crippen LogP contribution in [0.15, 0.2) is 18.5 Å². The maximum Gasteiger partial charge on any atom is 0.313 e. The molecule has 0 aliphatic rings. The molecule has 1 heterocycles. The number of aromatic amines is 1. The molecule has 0 atom stereocenters. The molecule has 0 aromatic carbocycles. The van der Waals surface area contributed by atoms with Crippen molar-refractivity contribution in [1.29, 1.82) is 0 Å². The predicted octanol–water partition coefficient (Wildman–Crippen LogP) is 1.99. The molecule has 5 heteroatoms. The van der Waals surface area contributed by atoms with Gasteiger partial charge in [-0.1, -0.05) is 0 Å². The molecule has 0 spiro atoms. The molecule has 0 bridgehead atoms. The van der Waals surface area contributed by atoms with Gasteiger partial charge < -0.3 is 0 Å². The standard InChI is InChI=1S/C3H4N2.CCl2O/c1-2-4-5-3-1;2-1(3)4/h1-3H,(H,4,5);. The molecule has 0 saturated carbocycles. The second-order valence-corrected chi connectivity index (χ2v) is 1.87. The Morgan fingerprint density at radius 3 is 2.22 bits per heavy atom. The number of rotatable bonds is 0. The van der Waals surface area contributed by atoms with E-state index in [-0.39, 0.29) is 0 Å². The lowest BCUT2D eigenvalue weighted by Gasteiger charge is -1.49. The van der Waals surface area contributed by atoms with E-state index in [2.05, 4.69) is 33.4 Å². The van der Waals surface area contributed by atoms with Crippen LogP contribution in [-0.2, 0) is 0 Å². The quantitative estimate of drug-likeness (QED) is 0.600. The van der Waals surface area contributed by atoms with Crippen molar-refractivity contribution in [3.63, 3.8) is 0 Å². The third-order valence-corrected chi connectivity index (χ3v) is 0.406. The van der Waals surface area contributed by atoms with Crippen molar-refractivity contribution in [2.24, 2.45) is 0 Å². The Bertz CT molecular complexity index is 130. The normalized spacial score (nSPS) is 7.33. The van der Waals surface area contributed by atoms with E-state index < -0.39 is 4.70 Å². The molecule has 1 rings (SSSR count). The van der Waals surface area contributed by atoms with Crippen molar-refractivity contribution in [2.75, 3.05) is 0 Å². The molecular formula is C4H4Cl2N2O. The van der Waals surface area contributed by atoms with Crippen LogP contribution >= 0.6 is 23.2 Å². The number of nitrogens with zero attached hydrogens (tertiary/aromatic N) is 1. The molecule has 0 fully saturated rings. The summed E-state index contributed by atoms with van der Waals surface area (Å²) in [6.07, 6.45) is 3.46. The van der Waals surface area contributed by atoms with E-state index >= 15 is 0 Å². The summed E-state index contributed by atoms with van der Waals surface area (Å²) >= 11 is 8.80. The van der Waals surface area contributed by atoms with Crippen molar-refractivity contribution in [2.45, 2.75) is 0 Å². The zero-order valence-corrected chi connectivity index (χ0v) is 5.86. The molecule has 0 unspecified atom stereocenters. The number of hydrogen-bond acceptors (Lipinski definition) is 2. The maximum absolute atomic E-state index is 8.98. The molecular weight excluding hydrogens is 163 g/mol. The Hall–Kier alpha value is -0.540. The predicted molar refractivity (Wildman–Crippen MR) is 35.7 cm³/mol. The summed E-state index contributed by atoms with van der Waals surface area (Å²) < 4.78 is -0.889. The van der Waals surface area contributed by atoms with Crippen LogP contribution in [0.25, 0.3) is 0 Å². The van der Waals surface area contributed by atoms with Gasteiger partial charge in [0.15, 0.2) is 0 Å². The lowest BCUT2D eigenvalue weighted by atomic mass is 10.8. The summed E-state index contributed by atoms with van der Waals surface area (Å²) in [5, 5.41) is 6.21. The Kier molecular flexibility index (Phi) is 5.26. The number of aromatic nitrogens is 2. The molecule has 1 N–H and O–H groups in total. The van der Waals surface area contributed by atoms with Crippen LogP contribution in [0, 0.1) is 0 Å². The Morgan fingerprint density at radius 1 is 1.56 bits per heavy atom. The van der Waals surface area contributed by atoms with Crippen LogP contribution in [0.3, 0.4) is 0 Å². The zero-order valence-electron chi connectivity index (χ0n) is 4.34. The zero-order chi connectivity index (χ0) is 7.11. The lowest BCUT2D eigenvalue weighted by Crippen LogP contribution is -1.53. The Morgan fingerprint density at radius 2 is 2.11 bits per heavy atom. The van der Waals surface area contributed by atoms with E-state index in [0.29, 0.717) is 0 Å². The number of carbonyl (C=O) groups excluding carboxylic acids is 1. The summed E-state index contributed by atoms with van der Waals surface area (Å²) in [6.45, 7) is 0. The number of nitrogens with one attached hydrogen (secondary N) is 1. The van der Waals surface area contributed by atoms with Crippen molar-refractivity contribution in [3.8, 4) is 0 Å². The van der Waals surface area contributed by atoms with E-state index in [1.165, 1.54) is 0 Å². The highest BCUT2D eigenvalue weighted by Crippen LogP contribution is 1.84. The lowest BCUT2D eigenvalue weighted by molar-refractivity contribution is 0.275. The van der Waals surface area contributed by atoms with Crippen LogP contribution in [0.4, 0.5) is 4.79 Å². The molecule has 9 heavy (non-hydrogen) atoms. The molecule has 3 nitrogen and oxygen atoms in total. The van der Waals surface area contributed by atoms with Crippen LogP contribution < -0.4 is 0 Å². The van der Waals surface area contributed by atoms with Gasteiger partial charge in [-0.15, -0.1) is 0 Å². The summed E-state index contributed by atoms with van der Waals surface area (Å²) in [7, 11) is 0. The maximum atomic E-state index is 8.98. The highest BCUT2D eigenvalue weighted by molar-refractivity contribution is 6.93. The first kappa shape index (κ1) is 8.46. The molecule has 0 saturated heterocycles. The third kappa shape index (κ3) is 11.2. The number of carbonyl (C=O) groups is 1. The van der Waals surface area contributed by atoms with E-state index in [1.54, 1.807) is 12.4 Å². The molecule has 1 aromatic heterocycles. The summed E-state index contributed by atoms with van der Waals surface area (Å²) in [5.74, 6) is 0. The first-order chi connectivity index (χ1) is 4.23. The van der Waals surface area contributed by atoms with Gasteiger partial charge in [-0.25, -0.2) is 0 Å². The molecule has 1 aromatic rings. The summed E-state index contributed by atoms with van der Waals surface area (Å²) in [4.78, 5) is 8.98. The second-order valence-electron chi connectivity index (χ2n) is 0.992. The molecule has 0 radical (unpaired) electrons. The average Bonchev–Trinajstić information content (AvgIpc) is 2.11. The van der Waals surface area contributed by atoms with Gasteiger partial charge in [-0.3, -0.25) is 9.89 Å². The summed E-state index contributed by atoms with van der Waals surface area (Å²) in [5.41, 5.74) is 0. The molecule has 0 aliphatic carbocycles. The number of H-pyrrole nitrogens is 1. The largest absolute Gasteiger partial charge is 0.313 e. The first-order valence-electron chi connectivity index (χ1n) is 2.02. The van der Waals surface area contributed by atoms with Crippen molar-refractivity contribution in [1.82, 2.24) is 10.2 Å². The Labute approximate surface area is 62.0 Å². The smallest absolute Gasteiger partial charge is 0.286 e. The monoisotopic (exact) mass is 166 g/mol. The molecule has 50 valence electrons. The van der Waals surface area contributed by atoms with E-state index in [9.17, 15) is 0 Å². The fourth-order valence-corrected chi connectivity index (χ4v) is 0.215. The minimum atomic E-state index is -0.889. The molecule has 0 aliphatic heterocycles. The van der Waals surface area contributed by atoms with E-state index in [1.807, 2.05) is 6.07 Å². The minimum absolute atomic E-state index is 0.889. The van der Waals surface area contributed by atoms with Crippen molar-refractivity contribution in [3.05, 3.63) is 18.5 Å². The van der Waals surface area contributed by atoms with Crippen LogP contribution in [0.1, 0.15) is 0 Å². The van der Waals surface area contributed by atoms with Gasteiger partial charge in [0.25, 0.3) is 0 Å².